The monoisotopic (exact) mass is 214 g/mol. The molecule has 0 radical (unpaired) electrons. The number of rotatable bonds is 3. The second-order valence-electron chi connectivity index (χ2n) is 3.11. The minimum Gasteiger partial charge on any atom is -0.504 e. The summed E-state index contributed by atoms with van der Waals surface area (Å²) in [4.78, 5) is 10.7. The summed E-state index contributed by atoms with van der Waals surface area (Å²) < 4.78 is 17.7. The number of ether oxygens (including phenoxy) is 1. The maximum Gasteiger partial charge on any atom is 0.310 e. The molecule has 0 amide bonds. The van der Waals surface area contributed by atoms with Crippen molar-refractivity contribution in [1.29, 1.82) is 0 Å². The van der Waals surface area contributed by atoms with Gasteiger partial charge in [-0.15, -0.1) is 0 Å². The predicted octanol–water partition coefficient (Wildman–Crippen LogP) is 1.73. The lowest BCUT2D eigenvalue weighted by Gasteiger charge is -2.12. The predicted molar refractivity (Wildman–Crippen MR) is 50.7 cm³/mol. The van der Waals surface area contributed by atoms with Crippen LogP contribution < -0.4 is 4.74 Å². The third-order valence-electron chi connectivity index (χ3n) is 2.13. The number of carboxylic acids is 1. The molecule has 0 heterocycles. The van der Waals surface area contributed by atoms with Gasteiger partial charge in [0.25, 0.3) is 0 Å². The Morgan fingerprint density at radius 1 is 1.53 bits per heavy atom. The molecular formula is C10H11FO4. The number of aromatic hydroxyl groups is 1. The molecule has 4 nitrogen and oxygen atoms in total. The Bertz CT molecular complexity index is 389. The molecule has 0 saturated carbocycles. The van der Waals surface area contributed by atoms with E-state index >= 15 is 0 Å². The Morgan fingerprint density at radius 2 is 2.13 bits per heavy atom. The smallest absolute Gasteiger partial charge is 0.310 e. The van der Waals surface area contributed by atoms with Crippen LogP contribution in [0.5, 0.6) is 11.5 Å². The quantitative estimate of drug-likeness (QED) is 0.804. The Labute approximate surface area is 85.9 Å². The average Bonchev–Trinajstić information content (AvgIpc) is 2.19. The summed E-state index contributed by atoms with van der Waals surface area (Å²) in [7, 11) is 1.27. The van der Waals surface area contributed by atoms with Crippen molar-refractivity contribution >= 4 is 5.97 Å². The zero-order valence-corrected chi connectivity index (χ0v) is 8.32. The van der Waals surface area contributed by atoms with Crippen LogP contribution >= 0.6 is 0 Å². The van der Waals surface area contributed by atoms with E-state index < -0.39 is 17.7 Å². The highest BCUT2D eigenvalue weighted by atomic mass is 19.1. The molecule has 15 heavy (non-hydrogen) atoms. The number of hydrogen-bond acceptors (Lipinski definition) is 3. The van der Waals surface area contributed by atoms with Gasteiger partial charge in [0.05, 0.1) is 13.0 Å². The lowest BCUT2D eigenvalue weighted by atomic mass is 10.00. The SMILES string of the molecule is COc1cc(F)cc(C(C)C(=O)O)c1O. The third kappa shape index (κ3) is 2.18. The Hall–Kier alpha value is -1.78. The molecule has 0 saturated heterocycles. The fraction of sp³-hybridized carbons (Fsp3) is 0.300. The summed E-state index contributed by atoms with van der Waals surface area (Å²) in [6.45, 7) is 1.36. The third-order valence-corrected chi connectivity index (χ3v) is 2.13. The van der Waals surface area contributed by atoms with Crippen molar-refractivity contribution in [2.24, 2.45) is 0 Å². The van der Waals surface area contributed by atoms with Gasteiger partial charge in [0.15, 0.2) is 11.5 Å². The normalized spacial score (nSPS) is 12.2. The molecule has 5 heteroatoms. The molecule has 1 aromatic rings. The van der Waals surface area contributed by atoms with Gasteiger partial charge in [0, 0.05) is 11.6 Å². The average molecular weight is 214 g/mol. The number of aliphatic carboxylic acids is 1. The summed E-state index contributed by atoms with van der Waals surface area (Å²) in [5.74, 6) is -3.19. The van der Waals surface area contributed by atoms with Crippen LogP contribution in [0.2, 0.25) is 0 Å². The van der Waals surface area contributed by atoms with Crippen LogP contribution in [0.3, 0.4) is 0 Å². The Kier molecular flexibility index (Phi) is 3.14. The van der Waals surface area contributed by atoms with Crippen molar-refractivity contribution in [2.75, 3.05) is 7.11 Å². The molecule has 1 rings (SSSR count). The van der Waals surface area contributed by atoms with Crippen molar-refractivity contribution in [3.63, 3.8) is 0 Å². The van der Waals surface area contributed by atoms with Gasteiger partial charge in [-0.05, 0) is 13.0 Å². The van der Waals surface area contributed by atoms with Crippen LogP contribution in [0, 0.1) is 5.82 Å². The van der Waals surface area contributed by atoms with Crippen LogP contribution in [-0.4, -0.2) is 23.3 Å². The highest BCUT2D eigenvalue weighted by Crippen LogP contribution is 2.35. The minimum atomic E-state index is -1.14. The number of benzene rings is 1. The van der Waals surface area contributed by atoms with Crippen molar-refractivity contribution in [3.05, 3.63) is 23.5 Å². The first-order valence-corrected chi connectivity index (χ1v) is 4.26. The summed E-state index contributed by atoms with van der Waals surface area (Å²) >= 11 is 0. The van der Waals surface area contributed by atoms with Gasteiger partial charge in [-0.3, -0.25) is 4.79 Å². The van der Waals surface area contributed by atoms with E-state index in [1.165, 1.54) is 14.0 Å². The second-order valence-corrected chi connectivity index (χ2v) is 3.11. The standard InChI is InChI=1S/C10H11FO4/c1-5(10(13)14)7-3-6(11)4-8(15-2)9(7)12/h3-5,12H,1-2H3,(H,13,14). The van der Waals surface area contributed by atoms with E-state index in [4.69, 9.17) is 9.84 Å². The van der Waals surface area contributed by atoms with E-state index in [-0.39, 0.29) is 17.1 Å². The molecule has 2 N–H and O–H groups in total. The van der Waals surface area contributed by atoms with Crippen LogP contribution in [0.4, 0.5) is 4.39 Å². The zero-order valence-electron chi connectivity index (χ0n) is 8.32. The molecular weight excluding hydrogens is 203 g/mol. The highest BCUT2D eigenvalue weighted by molar-refractivity contribution is 5.77. The fourth-order valence-corrected chi connectivity index (χ4v) is 1.21. The number of phenols is 1. The minimum absolute atomic E-state index is 0.000602. The number of carbonyl (C=O) groups is 1. The molecule has 0 aliphatic rings. The van der Waals surface area contributed by atoms with Crippen molar-refractivity contribution in [1.82, 2.24) is 0 Å². The van der Waals surface area contributed by atoms with Gasteiger partial charge >= 0.3 is 5.97 Å². The maximum absolute atomic E-state index is 13.0. The Morgan fingerprint density at radius 3 is 2.60 bits per heavy atom. The molecule has 0 fully saturated rings. The maximum atomic E-state index is 13.0. The Balaban J connectivity index is 3.28. The number of halogens is 1. The summed E-state index contributed by atoms with van der Waals surface area (Å²) in [5.41, 5.74) is -0.000602. The van der Waals surface area contributed by atoms with E-state index in [0.717, 1.165) is 12.1 Å². The van der Waals surface area contributed by atoms with E-state index in [0.29, 0.717) is 0 Å². The fourth-order valence-electron chi connectivity index (χ4n) is 1.21. The molecule has 1 unspecified atom stereocenters. The summed E-state index contributed by atoms with van der Waals surface area (Å²) in [5, 5.41) is 18.3. The van der Waals surface area contributed by atoms with Crippen LogP contribution in [0.25, 0.3) is 0 Å². The molecule has 0 aliphatic carbocycles. The van der Waals surface area contributed by atoms with Gasteiger partial charge in [0.1, 0.15) is 5.82 Å². The van der Waals surface area contributed by atoms with Gasteiger partial charge in [-0.1, -0.05) is 0 Å². The molecule has 1 atom stereocenters. The topological polar surface area (TPSA) is 66.8 Å². The number of carboxylic acid groups (broad SMARTS) is 1. The van der Waals surface area contributed by atoms with Crippen LogP contribution in [-0.2, 0) is 4.79 Å². The molecule has 0 aromatic heterocycles. The van der Waals surface area contributed by atoms with E-state index in [9.17, 15) is 14.3 Å². The number of methoxy groups -OCH3 is 1. The molecule has 0 bridgehead atoms. The van der Waals surface area contributed by atoms with Crippen LogP contribution in [0.1, 0.15) is 18.4 Å². The van der Waals surface area contributed by atoms with E-state index in [1.807, 2.05) is 0 Å². The highest BCUT2D eigenvalue weighted by Gasteiger charge is 2.21. The first kappa shape index (κ1) is 11.3. The van der Waals surface area contributed by atoms with Crippen molar-refractivity contribution in [2.45, 2.75) is 12.8 Å². The van der Waals surface area contributed by atoms with Gasteiger partial charge < -0.3 is 14.9 Å². The lowest BCUT2D eigenvalue weighted by Crippen LogP contribution is -2.08. The molecule has 0 spiro atoms. The molecule has 1 aromatic carbocycles. The summed E-state index contributed by atoms with van der Waals surface area (Å²) in [6.07, 6.45) is 0. The first-order chi connectivity index (χ1) is 6.97. The molecule has 82 valence electrons. The number of phenolic OH excluding ortho intramolecular Hbond substituents is 1. The lowest BCUT2D eigenvalue weighted by molar-refractivity contribution is -0.138. The molecule has 0 aliphatic heterocycles. The van der Waals surface area contributed by atoms with Crippen molar-refractivity contribution in [3.8, 4) is 11.5 Å². The second kappa shape index (κ2) is 4.16. The zero-order chi connectivity index (χ0) is 11.6. The van der Waals surface area contributed by atoms with Gasteiger partial charge in [0.2, 0.25) is 0 Å². The number of hydrogen-bond donors (Lipinski definition) is 2. The first-order valence-electron chi connectivity index (χ1n) is 4.26. The van der Waals surface area contributed by atoms with Gasteiger partial charge in [-0.2, -0.15) is 0 Å². The van der Waals surface area contributed by atoms with E-state index in [2.05, 4.69) is 0 Å². The van der Waals surface area contributed by atoms with Gasteiger partial charge in [-0.25, -0.2) is 4.39 Å². The summed E-state index contributed by atoms with van der Waals surface area (Å²) in [6, 6.07) is 1.98. The largest absolute Gasteiger partial charge is 0.504 e. The van der Waals surface area contributed by atoms with E-state index in [1.54, 1.807) is 0 Å². The van der Waals surface area contributed by atoms with Crippen LogP contribution in [0.15, 0.2) is 12.1 Å². The van der Waals surface area contributed by atoms with Crippen molar-refractivity contribution < 1.29 is 24.1 Å².